The molecule has 1 aliphatic rings. The molecule has 0 aliphatic heterocycles. The van der Waals surface area contributed by atoms with Crippen molar-refractivity contribution in [2.24, 2.45) is 11.8 Å². The van der Waals surface area contributed by atoms with Crippen LogP contribution in [-0.4, -0.2) is 28.7 Å². The molecule has 3 N–H and O–H groups in total. The van der Waals surface area contributed by atoms with Crippen molar-refractivity contribution in [3.8, 4) is 0 Å². The summed E-state index contributed by atoms with van der Waals surface area (Å²) in [5, 5.41) is 15.1. The van der Waals surface area contributed by atoms with E-state index in [1.807, 2.05) is 13.8 Å². The maximum atomic E-state index is 12.1. The molecule has 1 fully saturated rings. The quantitative estimate of drug-likeness (QED) is 0.705. The van der Waals surface area contributed by atoms with Gasteiger partial charge < -0.3 is 15.7 Å². The molecular formula is C16H30N2O3. The van der Waals surface area contributed by atoms with Gasteiger partial charge in [0.05, 0.1) is 0 Å². The van der Waals surface area contributed by atoms with E-state index in [1.165, 1.54) is 0 Å². The fourth-order valence-corrected chi connectivity index (χ4v) is 3.05. The predicted octanol–water partition coefficient (Wildman–Crippen LogP) is 3.14. The lowest BCUT2D eigenvalue weighted by Gasteiger charge is -2.37. The van der Waals surface area contributed by atoms with Gasteiger partial charge in [-0.15, -0.1) is 0 Å². The van der Waals surface area contributed by atoms with Crippen LogP contribution >= 0.6 is 0 Å². The molecule has 0 heterocycles. The van der Waals surface area contributed by atoms with Gasteiger partial charge in [0.1, 0.15) is 5.54 Å². The standard InChI is InChI=1S/C16H30N2O3/c1-11(2)7-8-13(4)17-15(21)18-16(14(19)20)9-5-6-12(3)10-16/h11-13H,5-10H2,1-4H3,(H,19,20)(H2,17,18,21). The lowest BCUT2D eigenvalue weighted by Crippen LogP contribution is -2.59. The number of rotatable bonds is 6. The number of hydrogen-bond donors (Lipinski definition) is 3. The van der Waals surface area contributed by atoms with Gasteiger partial charge in [0.2, 0.25) is 0 Å². The van der Waals surface area contributed by atoms with Crippen LogP contribution in [0.25, 0.3) is 0 Å². The summed E-state index contributed by atoms with van der Waals surface area (Å²) >= 11 is 0. The van der Waals surface area contributed by atoms with Crippen LogP contribution in [0, 0.1) is 11.8 Å². The number of hydrogen-bond acceptors (Lipinski definition) is 2. The van der Waals surface area contributed by atoms with Crippen LogP contribution in [0.15, 0.2) is 0 Å². The van der Waals surface area contributed by atoms with Crippen molar-refractivity contribution >= 4 is 12.0 Å². The topological polar surface area (TPSA) is 78.4 Å². The maximum Gasteiger partial charge on any atom is 0.329 e. The summed E-state index contributed by atoms with van der Waals surface area (Å²) in [6, 6.07) is -0.304. The summed E-state index contributed by atoms with van der Waals surface area (Å²) in [6.07, 6.45) is 4.85. The molecule has 5 heteroatoms. The minimum absolute atomic E-state index is 0.0549. The molecule has 0 aromatic rings. The van der Waals surface area contributed by atoms with Crippen LogP contribution in [0.2, 0.25) is 0 Å². The lowest BCUT2D eigenvalue weighted by molar-refractivity contribution is -0.146. The number of carbonyl (C=O) groups is 2. The maximum absolute atomic E-state index is 12.1. The van der Waals surface area contributed by atoms with Gasteiger partial charge in [-0.1, -0.05) is 33.6 Å². The van der Waals surface area contributed by atoms with Crippen molar-refractivity contribution in [3.05, 3.63) is 0 Å². The second kappa shape index (κ2) is 7.66. The monoisotopic (exact) mass is 298 g/mol. The van der Waals surface area contributed by atoms with E-state index in [-0.39, 0.29) is 12.1 Å². The Bertz CT molecular complexity index is 371. The van der Waals surface area contributed by atoms with Gasteiger partial charge >= 0.3 is 12.0 Å². The summed E-state index contributed by atoms with van der Waals surface area (Å²) in [5.41, 5.74) is -1.10. The van der Waals surface area contributed by atoms with Gasteiger partial charge in [-0.2, -0.15) is 0 Å². The molecule has 21 heavy (non-hydrogen) atoms. The SMILES string of the molecule is CC(C)CCC(C)NC(=O)NC1(C(=O)O)CCCC(C)C1. The smallest absolute Gasteiger partial charge is 0.329 e. The molecule has 5 nitrogen and oxygen atoms in total. The first-order chi connectivity index (χ1) is 9.75. The van der Waals surface area contributed by atoms with E-state index in [0.29, 0.717) is 24.7 Å². The van der Waals surface area contributed by atoms with Gasteiger partial charge in [0.25, 0.3) is 0 Å². The van der Waals surface area contributed by atoms with Crippen LogP contribution in [0.4, 0.5) is 4.79 Å². The van der Waals surface area contributed by atoms with E-state index in [2.05, 4.69) is 24.5 Å². The molecule has 0 saturated heterocycles. The van der Waals surface area contributed by atoms with Crippen molar-refractivity contribution in [1.29, 1.82) is 0 Å². The Hall–Kier alpha value is -1.26. The van der Waals surface area contributed by atoms with Crippen molar-refractivity contribution in [2.45, 2.75) is 77.8 Å². The second-order valence-corrected chi connectivity index (χ2v) is 7.06. The molecule has 0 aromatic carbocycles. The predicted molar refractivity (Wildman–Crippen MR) is 83.2 cm³/mol. The highest BCUT2D eigenvalue weighted by atomic mass is 16.4. The van der Waals surface area contributed by atoms with Gasteiger partial charge in [-0.25, -0.2) is 9.59 Å². The highest BCUT2D eigenvalue weighted by molar-refractivity contribution is 5.86. The number of nitrogens with one attached hydrogen (secondary N) is 2. The molecule has 3 unspecified atom stereocenters. The second-order valence-electron chi connectivity index (χ2n) is 7.06. The molecule has 0 radical (unpaired) electrons. The van der Waals surface area contributed by atoms with Gasteiger partial charge in [-0.3, -0.25) is 0 Å². The third-order valence-corrected chi connectivity index (χ3v) is 4.31. The van der Waals surface area contributed by atoms with Crippen molar-refractivity contribution in [3.63, 3.8) is 0 Å². The number of carbonyl (C=O) groups excluding carboxylic acids is 1. The minimum Gasteiger partial charge on any atom is -0.480 e. The molecule has 3 atom stereocenters. The third-order valence-electron chi connectivity index (χ3n) is 4.31. The van der Waals surface area contributed by atoms with E-state index < -0.39 is 11.5 Å². The minimum atomic E-state index is -1.10. The van der Waals surface area contributed by atoms with E-state index in [9.17, 15) is 14.7 Å². The van der Waals surface area contributed by atoms with Crippen molar-refractivity contribution in [1.82, 2.24) is 10.6 Å². The fourth-order valence-electron chi connectivity index (χ4n) is 3.05. The summed E-state index contributed by atoms with van der Waals surface area (Å²) in [7, 11) is 0. The largest absolute Gasteiger partial charge is 0.480 e. The van der Waals surface area contributed by atoms with E-state index in [1.54, 1.807) is 0 Å². The molecule has 122 valence electrons. The first-order valence-corrected chi connectivity index (χ1v) is 8.07. The number of aliphatic carboxylic acids is 1. The molecule has 0 aromatic heterocycles. The van der Waals surface area contributed by atoms with Crippen LogP contribution in [-0.2, 0) is 4.79 Å². The average molecular weight is 298 g/mol. The van der Waals surface area contributed by atoms with Crippen LogP contribution in [0.5, 0.6) is 0 Å². The molecule has 1 rings (SSSR count). The highest BCUT2D eigenvalue weighted by Crippen LogP contribution is 2.32. The Morgan fingerprint density at radius 1 is 1.29 bits per heavy atom. The van der Waals surface area contributed by atoms with Gasteiger partial charge in [0, 0.05) is 6.04 Å². The molecule has 1 saturated carbocycles. The number of carboxylic acids is 1. The normalized spacial score (nSPS) is 27.2. The Morgan fingerprint density at radius 3 is 2.48 bits per heavy atom. The van der Waals surface area contributed by atoms with Gasteiger partial charge in [-0.05, 0) is 44.4 Å². The molecule has 0 bridgehead atoms. The van der Waals surface area contributed by atoms with E-state index in [0.717, 1.165) is 25.7 Å². The zero-order valence-electron chi connectivity index (χ0n) is 13.7. The summed E-state index contributed by atoms with van der Waals surface area (Å²) in [5.74, 6) is 0.00872. The number of urea groups is 1. The average Bonchev–Trinajstić information content (AvgIpc) is 2.35. The van der Waals surface area contributed by atoms with E-state index in [4.69, 9.17) is 0 Å². The van der Waals surface area contributed by atoms with E-state index >= 15 is 0 Å². The Kier molecular flexibility index (Phi) is 6.49. The zero-order chi connectivity index (χ0) is 16.0. The zero-order valence-corrected chi connectivity index (χ0v) is 13.7. The first-order valence-electron chi connectivity index (χ1n) is 8.07. The summed E-state index contributed by atoms with van der Waals surface area (Å²) < 4.78 is 0. The molecule has 2 amide bonds. The molecule has 0 spiro atoms. The highest BCUT2D eigenvalue weighted by Gasteiger charge is 2.43. The van der Waals surface area contributed by atoms with Crippen LogP contribution in [0.1, 0.15) is 66.2 Å². The van der Waals surface area contributed by atoms with Crippen molar-refractivity contribution < 1.29 is 14.7 Å². The number of carboxylic acid groups (broad SMARTS) is 1. The lowest BCUT2D eigenvalue weighted by atomic mass is 9.76. The Morgan fingerprint density at radius 2 is 1.95 bits per heavy atom. The Labute approximate surface area is 127 Å². The Balaban J connectivity index is 2.55. The van der Waals surface area contributed by atoms with Crippen LogP contribution < -0.4 is 10.6 Å². The number of amides is 2. The van der Waals surface area contributed by atoms with Crippen molar-refractivity contribution in [2.75, 3.05) is 0 Å². The summed E-state index contributed by atoms with van der Waals surface area (Å²) in [4.78, 5) is 23.7. The fraction of sp³-hybridized carbons (Fsp3) is 0.875. The summed E-state index contributed by atoms with van der Waals surface area (Å²) in [6.45, 7) is 8.30. The van der Waals surface area contributed by atoms with Crippen LogP contribution in [0.3, 0.4) is 0 Å². The third kappa shape index (κ3) is 5.56. The van der Waals surface area contributed by atoms with Gasteiger partial charge in [0.15, 0.2) is 0 Å². The first kappa shape index (κ1) is 17.8. The molecular weight excluding hydrogens is 268 g/mol. The molecule has 1 aliphatic carbocycles.